The van der Waals surface area contributed by atoms with Gasteiger partial charge in [0.2, 0.25) is 0 Å². The number of aryl methyl sites for hydroxylation is 2. The second-order valence-electron chi connectivity index (χ2n) is 6.07. The molecule has 2 heterocycles. The Morgan fingerprint density at radius 3 is 2.58 bits per heavy atom. The minimum absolute atomic E-state index is 0.144. The van der Waals surface area contributed by atoms with Crippen molar-refractivity contribution < 1.29 is 18.7 Å². The fourth-order valence-corrected chi connectivity index (χ4v) is 3.39. The molecule has 24 heavy (non-hydrogen) atoms. The molecular formula is C19H19NO4. The average Bonchev–Trinajstić information content (AvgIpc) is 3.14. The fourth-order valence-electron chi connectivity index (χ4n) is 3.39. The molecule has 0 unspecified atom stereocenters. The molecule has 0 spiro atoms. The molecule has 1 N–H and O–H groups in total. The van der Waals surface area contributed by atoms with E-state index in [1.807, 2.05) is 18.2 Å². The molecule has 0 fully saturated rings. The van der Waals surface area contributed by atoms with Crippen LogP contribution in [0.25, 0.3) is 11.6 Å². The lowest BCUT2D eigenvalue weighted by atomic mass is 9.98. The normalized spacial score (nSPS) is 17.4. The molecule has 1 aromatic heterocycles. The zero-order valence-electron chi connectivity index (χ0n) is 13.8. The minimum atomic E-state index is -0.144. The number of carbonyl (C=O) groups is 1. The van der Waals surface area contributed by atoms with Crippen LogP contribution < -0.4 is 14.8 Å². The zero-order chi connectivity index (χ0) is 16.7. The Bertz CT molecular complexity index is 824. The molecule has 4 rings (SSSR count). The third kappa shape index (κ3) is 2.37. The molecule has 124 valence electrons. The Morgan fingerprint density at radius 2 is 1.83 bits per heavy atom. The van der Waals surface area contributed by atoms with Gasteiger partial charge in [-0.15, -0.1) is 0 Å². The summed E-state index contributed by atoms with van der Waals surface area (Å²) in [5.74, 6) is 2.83. The molecule has 0 atom stereocenters. The number of anilines is 1. The number of carbonyl (C=O) groups excluding carboxylic acids is 1. The molecular weight excluding hydrogens is 306 g/mol. The van der Waals surface area contributed by atoms with Crippen LogP contribution >= 0.6 is 0 Å². The highest BCUT2D eigenvalue weighted by atomic mass is 16.5. The van der Waals surface area contributed by atoms with Crippen LogP contribution in [0, 0.1) is 0 Å². The van der Waals surface area contributed by atoms with Gasteiger partial charge in [0, 0.05) is 18.1 Å². The molecule has 0 radical (unpaired) electrons. The molecule has 0 bridgehead atoms. The monoisotopic (exact) mass is 325 g/mol. The smallest absolute Gasteiger partial charge is 0.256 e. The van der Waals surface area contributed by atoms with Crippen LogP contribution in [0.1, 0.15) is 35.5 Å². The summed E-state index contributed by atoms with van der Waals surface area (Å²) in [5, 5.41) is 2.87. The van der Waals surface area contributed by atoms with Gasteiger partial charge in [0.1, 0.15) is 11.5 Å². The van der Waals surface area contributed by atoms with Gasteiger partial charge in [0.25, 0.3) is 5.91 Å². The highest BCUT2D eigenvalue weighted by Gasteiger charge is 2.27. The number of hydrogen-bond donors (Lipinski definition) is 1. The number of ether oxygens (including phenoxy) is 2. The predicted octanol–water partition coefficient (Wildman–Crippen LogP) is 3.67. The Balaban J connectivity index is 1.77. The summed E-state index contributed by atoms with van der Waals surface area (Å²) in [6, 6.07) is 5.65. The lowest BCUT2D eigenvalue weighted by Crippen LogP contribution is -2.03. The Hall–Kier alpha value is -2.69. The lowest BCUT2D eigenvalue weighted by molar-refractivity contribution is -0.110. The number of furan rings is 1. The zero-order valence-corrected chi connectivity index (χ0v) is 13.8. The second kappa shape index (κ2) is 5.74. The SMILES string of the molecule is COc1cc2c(cc1OC)C(=Cc1cc3c(o1)CCCC3)C(=O)N2. The first-order valence-corrected chi connectivity index (χ1v) is 8.10. The molecule has 2 aromatic rings. The van der Waals surface area contributed by atoms with Crippen molar-refractivity contribution in [3.8, 4) is 11.5 Å². The van der Waals surface area contributed by atoms with Crippen molar-refractivity contribution in [2.24, 2.45) is 0 Å². The standard InChI is InChI=1S/C19H19NO4/c1-22-17-9-13-14(19(21)20-15(13)10-18(17)23-2)8-12-7-11-5-3-4-6-16(11)24-12/h7-10H,3-6H2,1-2H3,(H,20,21). The van der Waals surface area contributed by atoms with Crippen molar-refractivity contribution >= 4 is 23.2 Å². The van der Waals surface area contributed by atoms with Gasteiger partial charge in [0.15, 0.2) is 11.5 Å². The van der Waals surface area contributed by atoms with Crippen LogP contribution in [-0.4, -0.2) is 20.1 Å². The Morgan fingerprint density at radius 1 is 1.08 bits per heavy atom. The van der Waals surface area contributed by atoms with E-state index in [1.54, 1.807) is 20.3 Å². The van der Waals surface area contributed by atoms with Gasteiger partial charge in [-0.1, -0.05) is 0 Å². The van der Waals surface area contributed by atoms with E-state index in [1.165, 1.54) is 12.0 Å². The van der Waals surface area contributed by atoms with Crippen LogP contribution in [0.2, 0.25) is 0 Å². The number of benzene rings is 1. The van der Waals surface area contributed by atoms with Gasteiger partial charge in [-0.05, 0) is 43.0 Å². The average molecular weight is 325 g/mol. The summed E-state index contributed by atoms with van der Waals surface area (Å²) in [7, 11) is 3.16. The van der Waals surface area contributed by atoms with Crippen molar-refractivity contribution in [2.75, 3.05) is 19.5 Å². The van der Waals surface area contributed by atoms with Gasteiger partial charge in [-0.2, -0.15) is 0 Å². The fraction of sp³-hybridized carbons (Fsp3) is 0.316. The highest BCUT2D eigenvalue weighted by molar-refractivity contribution is 6.35. The largest absolute Gasteiger partial charge is 0.493 e. The van der Waals surface area contributed by atoms with E-state index in [9.17, 15) is 4.79 Å². The van der Waals surface area contributed by atoms with Crippen LogP contribution in [0.5, 0.6) is 11.5 Å². The second-order valence-corrected chi connectivity index (χ2v) is 6.07. The number of nitrogens with one attached hydrogen (secondary N) is 1. The van der Waals surface area contributed by atoms with E-state index in [2.05, 4.69) is 5.32 Å². The number of hydrogen-bond acceptors (Lipinski definition) is 4. The summed E-state index contributed by atoms with van der Waals surface area (Å²) < 4.78 is 16.6. The van der Waals surface area contributed by atoms with Gasteiger partial charge in [-0.3, -0.25) is 4.79 Å². The number of rotatable bonds is 3. The van der Waals surface area contributed by atoms with Crippen molar-refractivity contribution in [1.29, 1.82) is 0 Å². The van der Waals surface area contributed by atoms with Crippen LogP contribution in [0.3, 0.4) is 0 Å². The summed E-state index contributed by atoms with van der Waals surface area (Å²) in [6.07, 6.45) is 6.20. The first-order chi connectivity index (χ1) is 11.7. The topological polar surface area (TPSA) is 60.7 Å². The molecule has 5 heteroatoms. The number of fused-ring (bicyclic) bond motifs is 2. The first kappa shape index (κ1) is 14.9. The van der Waals surface area contributed by atoms with Crippen molar-refractivity contribution in [3.05, 3.63) is 40.8 Å². The van der Waals surface area contributed by atoms with Crippen molar-refractivity contribution in [2.45, 2.75) is 25.7 Å². The minimum Gasteiger partial charge on any atom is -0.493 e. The summed E-state index contributed by atoms with van der Waals surface area (Å²) in [6.45, 7) is 0. The van der Waals surface area contributed by atoms with E-state index in [4.69, 9.17) is 13.9 Å². The lowest BCUT2D eigenvalue weighted by Gasteiger charge is -2.09. The third-order valence-electron chi connectivity index (χ3n) is 4.61. The van der Waals surface area contributed by atoms with E-state index in [-0.39, 0.29) is 5.91 Å². The summed E-state index contributed by atoms with van der Waals surface area (Å²) in [5.41, 5.74) is 3.36. The molecule has 1 aliphatic carbocycles. The maximum atomic E-state index is 12.4. The summed E-state index contributed by atoms with van der Waals surface area (Å²) >= 11 is 0. The maximum absolute atomic E-state index is 12.4. The van der Waals surface area contributed by atoms with E-state index in [0.29, 0.717) is 17.1 Å². The van der Waals surface area contributed by atoms with Crippen LogP contribution in [-0.2, 0) is 17.6 Å². The van der Waals surface area contributed by atoms with E-state index in [0.717, 1.165) is 42.0 Å². The van der Waals surface area contributed by atoms with Gasteiger partial charge >= 0.3 is 0 Å². The molecule has 0 saturated carbocycles. The van der Waals surface area contributed by atoms with Gasteiger partial charge < -0.3 is 19.2 Å². The molecule has 0 saturated heterocycles. The predicted molar refractivity (Wildman–Crippen MR) is 91.4 cm³/mol. The third-order valence-corrected chi connectivity index (χ3v) is 4.61. The number of methoxy groups -OCH3 is 2. The van der Waals surface area contributed by atoms with E-state index < -0.39 is 0 Å². The molecule has 2 aliphatic rings. The molecule has 1 amide bonds. The first-order valence-electron chi connectivity index (χ1n) is 8.10. The number of amides is 1. The van der Waals surface area contributed by atoms with Crippen LogP contribution in [0.4, 0.5) is 5.69 Å². The molecule has 1 aromatic carbocycles. The van der Waals surface area contributed by atoms with Crippen molar-refractivity contribution in [1.82, 2.24) is 0 Å². The molecule has 5 nitrogen and oxygen atoms in total. The van der Waals surface area contributed by atoms with E-state index >= 15 is 0 Å². The van der Waals surface area contributed by atoms with Crippen LogP contribution in [0.15, 0.2) is 22.6 Å². The van der Waals surface area contributed by atoms with Gasteiger partial charge in [0.05, 0.1) is 25.5 Å². The maximum Gasteiger partial charge on any atom is 0.256 e. The Labute approximate surface area is 140 Å². The Kier molecular flexibility index (Phi) is 3.56. The quantitative estimate of drug-likeness (QED) is 0.875. The van der Waals surface area contributed by atoms with Gasteiger partial charge in [-0.25, -0.2) is 0 Å². The van der Waals surface area contributed by atoms with Crippen molar-refractivity contribution in [3.63, 3.8) is 0 Å². The summed E-state index contributed by atoms with van der Waals surface area (Å²) in [4.78, 5) is 12.4. The highest BCUT2D eigenvalue weighted by Crippen LogP contribution is 2.41. The molecule has 1 aliphatic heterocycles.